The fourth-order valence-corrected chi connectivity index (χ4v) is 2.72. The molecule has 24 heavy (non-hydrogen) atoms. The number of nitrogens with one attached hydrogen (secondary N) is 2. The lowest BCUT2D eigenvalue weighted by Crippen LogP contribution is -2.30. The van der Waals surface area contributed by atoms with Crippen LogP contribution in [0.5, 0.6) is 0 Å². The normalized spacial score (nSPS) is 15.5. The Kier molecular flexibility index (Phi) is 6.49. The molecule has 1 aromatic carbocycles. The van der Waals surface area contributed by atoms with Crippen molar-refractivity contribution in [2.75, 3.05) is 29.9 Å². The lowest BCUT2D eigenvalue weighted by atomic mass is 10.1. The number of carbonyl (C=O) groups is 2. The van der Waals surface area contributed by atoms with Gasteiger partial charge < -0.3 is 15.5 Å². The first-order valence-corrected chi connectivity index (χ1v) is 8.94. The summed E-state index contributed by atoms with van der Waals surface area (Å²) in [6.45, 7) is 8.25. The summed E-state index contributed by atoms with van der Waals surface area (Å²) in [4.78, 5) is 26.6. The van der Waals surface area contributed by atoms with E-state index >= 15 is 0 Å². The molecular weight excluding hydrogens is 326 g/mol. The largest absolute Gasteiger partial charge is 0.371 e. The molecule has 2 N–H and O–H groups in total. The smallest absolute Gasteiger partial charge is 0.253 e. The molecule has 0 radical (unpaired) electrons. The second kappa shape index (κ2) is 8.38. The Hall–Kier alpha value is -1.75. The first-order chi connectivity index (χ1) is 11.4. The minimum Gasteiger partial charge on any atom is -0.371 e. The topological polar surface area (TPSA) is 61.4 Å². The number of hydrogen-bond acceptors (Lipinski definition) is 3. The molecular formula is C18H26ClN3O2. The third-order valence-electron chi connectivity index (χ3n) is 3.99. The van der Waals surface area contributed by atoms with E-state index in [1.54, 1.807) is 13.0 Å². The van der Waals surface area contributed by atoms with E-state index in [1.807, 2.05) is 12.1 Å². The predicted octanol–water partition coefficient (Wildman–Crippen LogP) is 3.24. The number of amides is 2. The molecule has 2 amide bonds. The van der Waals surface area contributed by atoms with Gasteiger partial charge in [-0.3, -0.25) is 9.59 Å². The Morgan fingerprint density at radius 2 is 1.88 bits per heavy atom. The zero-order valence-electron chi connectivity index (χ0n) is 14.6. The fourth-order valence-electron chi connectivity index (χ4n) is 2.66. The maximum Gasteiger partial charge on any atom is 0.253 e. The summed E-state index contributed by atoms with van der Waals surface area (Å²) in [5.74, 6) is -0.0103. The van der Waals surface area contributed by atoms with Crippen LogP contribution < -0.4 is 15.5 Å². The van der Waals surface area contributed by atoms with E-state index in [4.69, 9.17) is 11.6 Å². The zero-order valence-corrected chi connectivity index (χ0v) is 15.3. The second-order valence-electron chi connectivity index (χ2n) is 6.64. The van der Waals surface area contributed by atoms with Gasteiger partial charge in [0.1, 0.15) is 5.38 Å². The van der Waals surface area contributed by atoms with E-state index < -0.39 is 5.38 Å². The molecule has 1 saturated heterocycles. The van der Waals surface area contributed by atoms with Gasteiger partial charge in [0.2, 0.25) is 5.91 Å². The van der Waals surface area contributed by atoms with E-state index in [0.717, 1.165) is 31.6 Å². The van der Waals surface area contributed by atoms with Gasteiger partial charge in [-0.15, -0.1) is 11.6 Å². The quantitative estimate of drug-likeness (QED) is 0.773. The third kappa shape index (κ3) is 4.87. The van der Waals surface area contributed by atoms with Gasteiger partial charge in [-0.2, -0.15) is 0 Å². The van der Waals surface area contributed by atoms with Crippen molar-refractivity contribution in [1.82, 2.24) is 5.32 Å². The van der Waals surface area contributed by atoms with E-state index in [0.29, 0.717) is 23.7 Å². The maximum atomic E-state index is 12.6. The molecule has 1 heterocycles. The number of nitrogens with zero attached hydrogens (tertiary/aromatic N) is 1. The van der Waals surface area contributed by atoms with Gasteiger partial charge in [0.15, 0.2) is 0 Å². The molecule has 0 bridgehead atoms. The summed E-state index contributed by atoms with van der Waals surface area (Å²) in [5, 5.41) is 5.09. The number of hydrogen-bond donors (Lipinski definition) is 2. The monoisotopic (exact) mass is 351 g/mol. The number of benzene rings is 1. The molecule has 0 spiro atoms. The molecule has 0 aliphatic carbocycles. The van der Waals surface area contributed by atoms with Crippen molar-refractivity contribution in [3.63, 3.8) is 0 Å². The molecule has 1 aliphatic rings. The number of alkyl halides is 1. The number of halogens is 1. The SMILES string of the molecule is CC(C)CNC(=O)c1cc(NC(=O)C(C)Cl)ccc1N1CCCC1. The Morgan fingerprint density at radius 1 is 1.21 bits per heavy atom. The molecule has 0 saturated carbocycles. The fraction of sp³-hybridized carbons (Fsp3) is 0.556. The van der Waals surface area contributed by atoms with Crippen LogP contribution in [0, 0.1) is 5.92 Å². The molecule has 2 rings (SSSR count). The van der Waals surface area contributed by atoms with Crippen LogP contribution in [0.4, 0.5) is 11.4 Å². The van der Waals surface area contributed by atoms with Crippen LogP contribution in [0.15, 0.2) is 18.2 Å². The molecule has 1 unspecified atom stereocenters. The molecule has 132 valence electrons. The summed E-state index contributed by atoms with van der Waals surface area (Å²) < 4.78 is 0. The lowest BCUT2D eigenvalue weighted by Gasteiger charge is -2.22. The van der Waals surface area contributed by atoms with Crippen molar-refractivity contribution in [3.05, 3.63) is 23.8 Å². The van der Waals surface area contributed by atoms with Crippen LogP contribution in [-0.2, 0) is 4.79 Å². The molecule has 6 heteroatoms. The van der Waals surface area contributed by atoms with Gasteiger partial charge in [-0.05, 0) is 43.9 Å². The highest BCUT2D eigenvalue weighted by atomic mass is 35.5. The van der Waals surface area contributed by atoms with Gasteiger partial charge in [0.25, 0.3) is 5.91 Å². The summed E-state index contributed by atoms with van der Waals surface area (Å²) in [5.41, 5.74) is 2.10. The van der Waals surface area contributed by atoms with Crippen LogP contribution in [-0.4, -0.2) is 36.8 Å². The zero-order chi connectivity index (χ0) is 17.7. The standard InChI is InChI=1S/C18H26ClN3O2/c1-12(2)11-20-18(24)15-10-14(21-17(23)13(3)19)6-7-16(15)22-8-4-5-9-22/h6-7,10,12-13H,4-5,8-9,11H2,1-3H3,(H,20,24)(H,21,23). The maximum absolute atomic E-state index is 12.6. The van der Waals surface area contributed by atoms with Crippen LogP contribution in [0.1, 0.15) is 44.0 Å². The summed E-state index contributed by atoms with van der Waals surface area (Å²) in [6.07, 6.45) is 2.27. The Morgan fingerprint density at radius 3 is 2.46 bits per heavy atom. The first-order valence-electron chi connectivity index (χ1n) is 8.50. The average molecular weight is 352 g/mol. The summed E-state index contributed by atoms with van der Waals surface area (Å²) >= 11 is 5.80. The second-order valence-corrected chi connectivity index (χ2v) is 7.29. The molecule has 1 fully saturated rings. The number of anilines is 2. The minimum absolute atomic E-state index is 0.111. The average Bonchev–Trinajstić information content (AvgIpc) is 3.06. The molecule has 1 aromatic rings. The van der Waals surface area contributed by atoms with Crippen LogP contribution in [0.2, 0.25) is 0 Å². The van der Waals surface area contributed by atoms with E-state index in [2.05, 4.69) is 29.4 Å². The van der Waals surface area contributed by atoms with Gasteiger partial charge in [0, 0.05) is 31.0 Å². The molecule has 1 atom stereocenters. The predicted molar refractivity (Wildman–Crippen MR) is 99.0 cm³/mol. The van der Waals surface area contributed by atoms with Gasteiger partial charge in [-0.25, -0.2) is 0 Å². The lowest BCUT2D eigenvalue weighted by molar-refractivity contribution is -0.115. The minimum atomic E-state index is -0.624. The first kappa shape index (κ1) is 18.6. The van der Waals surface area contributed by atoms with E-state index in [1.165, 1.54) is 0 Å². The van der Waals surface area contributed by atoms with E-state index in [-0.39, 0.29) is 11.8 Å². The Balaban J connectivity index is 2.26. The summed E-state index contributed by atoms with van der Waals surface area (Å²) in [6, 6.07) is 5.47. The van der Waals surface area contributed by atoms with E-state index in [9.17, 15) is 9.59 Å². The third-order valence-corrected chi connectivity index (χ3v) is 4.19. The van der Waals surface area contributed by atoms with Crippen molar-refractivity contribution in [3.8, 4) is 0 Å². The highest BCUT2D eigenvalue weighted by Gasteiger charge is 2.21. The van der Waals surface area contributed by atoms with Gasteiger partial charge >= 0.3 is 0 Å². The highest BCUT2D eigenvalue weighted by molar-refractivity contribution is 6.32. The van der Waals surface area contributed by atoms with Crippen molar-refractivity contribution in [2.24, 2.45) is 5.92 Å². The highest BCUT2D eigenvalue weighted by Crippen LogP contribution is 2.27. The number of rotatable bonds is 6. The van der Waals surface area contributed by atoms with Crippen molar-refractivity contribution in [1.29, 1.82) is 0 Å². The van der Waals surface area contributed by atoms with Crippen molar-refractivity contribution in [2.45, 2.75) is 39.0 Å². The van der Waals surface area contributed by atoms with Crippen LogP contribution >= 0.6 is 11.6 Å². The summed E-state index contributed by atoms with van der Waals surface area (Å²) in [7, 11) is 0. The molecule has 5 nitrogen and oxygen atoms in total. The Bertz CT molecular complexity index is 596. The van der Waals surface area contributed by atoms with Crippen LogP contribution in [0.25, 0.3) is 0 Å². The number of carbonyl (C=O) groups excluding carboxylic acids is 2. The van der Waals surface area contributed by atoms with Gasteiger partial charge in [0.05, 0.1) is 5.56 Å². The van der Waals surface area contributed by atoms with Crippen LogP contribution in [0.3, 0.4) is 0 Å². The Labute approximate surface area is 148 Å². The van der Waals surface area contributed by atoms with Crippen molar-refractivity contribution < 1.29 is 9.59 Å². The molecule has 1 aliphatic heterocycles. The van der Waals surface area contributed by atoms with Crippen molar-refractivity contribution >= 4 is 34.8 Å². The molecule has 0 aromatic heterocycles. The van der Waals surface area contributed by atoms with Gasteiger partial charge in [-0.1, -0.05) is 13.8 Å².